The maximum atomic E-state index is 11.4. The molecular formula is C9H8BNO5. The third-order valence-electron chi connectivity index (χ3n) is 2.25. The third kappa shape index (κ3) is 1.90. The van der Waals surface area contributed by atoms with Crippen molar-refractivity contribution in [3.63, 3.8) is 0 Å². The lowest BCUT2D eigenvalue weighted by Gasteiger charge is -2.18. The summed E-state index contributed by atoms with van der Waals surface area (Å²) in [5, 5.41) is 18.0. The molecule has 1 heterocycles. The molecule has 0 saturated carbocycles. The zero-order valence-electron chi connectivity index (χ0n) is 8.14. The maximum absolute atomic E-state index is 11.4. The van der Waals surface area contributed by atoms with Gasteiger partial charge in [-0.2, -0.15) is 0 Å². The number of fused-ring (bicyclic) bond motifs is 1. The Balaban J connectivity index is 2.40. The van der Waals surface area contributed by atoms with Crippen LogP contribution in [0, 0.1) is 0 Å². The largest absolute Gasteiger partial charge is 0.515 e. The Hall–Kier alpha value is -1.86. The fourth-order valence-electron chi connectivity index (χ4n) is 1.53. The van der Waals surface area contributed by atoms with Gasteiger partial charge in [0.25, 0.3) is 5.91 Å². The van der Waals surface area contributed by atoms with Gasteiger partial charge in [0.2, 0.25) is 0 Å². The van der Waals surface area contributed by atoms with E-state index in [1.807, 2.05) is 5.48 Å². The quantitative estimate of drug-likeness (QED) is 0.538. The molecule has 0 aromatic heterocycles. The van der Waals surface area contributed by atoms with E-state index in [4.69, 9.17) is 5.11 Å². The van der Waals surface area contributed by atoms with Crippen molar-refractivity contribution in [2.45, 2.75) is 6.42 Å². The summed E-state index contributed by atoms with van der Waals surface area (Å²) in [6.45, 7) is 0. The lowest BCUT2D eigenvalue weighted by Crippen LogP contribution is -2.49. The topological polar surface area (TPSA) is 95.9 Å². The number of rotatable bonds is 2. The van der Waals surface area contributed by atoms with E-state index in [9.17, 15) is 14.6 Å². The SMILES string of the molecule is O=C(O)Cc1ccc2c(c1)C(=O)NOB2O. The van der Waals surface area contributed by atoms with E-state index < -0.39 is 19.0 Å². The Labute approximate surface area is 90.9 Å². The molecule has 1 amide bonds. The van der Waals surface area contributed by atoms with Crippen LogP contribution in [0.25, 0.3) is 0 Å². The van der Waals surface area contributed by atoms with Crippen LogP contribution in [-0.4, -0.2) is 29.1 Å². The predicted molar refractivity (Wildman–Crippen MR) is 53.9 cm³/mol. The van der Waals surface area contributed by atoms with Crippen molar-refractivity contribution in [1.82, 2.24) is 5.48 Å². The molecule has 6 nitrogen and oxygen atoms in total. The zero-order chi connectivity index (χ0) is 11.7. The number of benzene rings is 1. The average Bonchev–Trinajstić information content (AvgIpc) is 2.23. The smallest absolute Gasteiger partial charge is 0.481 e. The number of hydrogen-bond donors (Lipinski definition) is 3. The number of hydrogen-bond acceptors (Lipinski definition) is 4. The molecular weight excluding hydrogens is 213 g/mol. The number of aliphatic carboxylic acids is 1. The molecule has 1 aromatic carbocycles. The number of carboxylic acid groups (broad SMARTS) is 1. The third-order valence-corrected chi connectivity index (χ3v) is 2.25. The van der Waals surface area contributed by atoms with Gasteiger partial charge in [-0.3, -0.25) is 14.3 Å². The summed E-state index contributed by atoms with van der Waals surface area (Å²) in [6.07, 6.45) is -0.169. The van der Waals surface area contributed by atoms with Gasteiger partial charge in [-0.05, 0) is 17.1 Å². The van der Waals surface area contributed by atoms with Gasteiger partial charge in [-0.1, -0.05) is 12.1 Å². The minimum absolute atomic E-state index is 0.169. The number of carbonyl (C=O) groups excluding carboxylic acids is 1. The standard InChI is InChI=1S/C9H8BNO5/c12-8(13)4-5-1-2-7-6(3-5)9(14)11-16-10(7)15/h1-3,15H,4H2,(H,11,14)(H,12,13). The minimum Gasteiger partial charge on any atom is -0.481 e. The molecule has 0 saturated heterocycles. The summed E-state index contributed by atoms with van der Waals surface area (Å²) < 4.78 is 4.58. The molecule has 7 heteroatoms. The normalized spacial score (nSPS) is 14.3. The van der Waals surface area contributed by atoms with Crippen LogP contribution in [0.1, 0.15) is 15.9 Å². The Morgan fingerprint density at radius 1 is 1.50 bits per heavy atom. The number of nitrogens with one attached hydrogen (secondary N) is 1. The monoisotopic (exact) mass is 221 g/mol. The second-order valence-corrected chi connectivity index (χ2v) is 3.39. The van der Waals surface area contributed by atoms with Crippen LogP contribution in [0.4, 0.5) is 0 Å². The molecule has 0 bridgehead atoms. The van der Waals surface area contributed by atoms with Gasteiger partial charge in [0.05, 0.1) is 6.42 Å². The molecule has 82 valence electrons. The van der Waals surface area contributed by atoms with Gasteiger partial charge in [-0.15, -0.1) is 0 Å². The van der Waals surface area contributed by atoms with Crippen LogP contribution in [-0.2, 0) is 16.0 Å². The first-order chi connectivity index (χ1) is 7.58. The van der Waals surface area contributed by atoms with Crippen LogP contribution in [0.15, 0.2) is 18.2 Å². The second-order valence-electron chi connectivity index (χ2n) is 3.39. The van der Waals surface area contributed by atoms with Crippen LogP contribution in [0.2, 0.25) is 0 Å². The molecule has 0 atom stereocenters. The Bertz CT molecular complexity index is 461. The fraction of sp³-hybridized carbons (Fsp3) is 0.111. The molecule has 1 aliphatic heterocycles. The molecule has 0 aliphatic carbocycles. The molecule has 0 unspecified atom stereocenters. The van der Waals surface area contributed by atoms with E-state index >= 15 is 0 Å². The van der Waals surface area contributed by atoms with Crippen molar-refractivity contribution >= 4 is 24.5 Å². The van der Waals surface area contributed by atoms with Gasteiger partial charge in [0.15, 0.2) is 0 Å². The van der Waals surface area contributed by atoms with Gasteiger partial charge < -0.3 is 10.1 Å². The Kier molecular flexibility index (Phi) is 2.63. The number of hydroxylamine groups is 1. The maximum Gasteiger partial charge on any atom is 0.515 e. The first kappa shape index (κ1) is 10.7. The predicted octanol–water partition coefficient (Wildman–Crippen LogP) is -1.32. The fourth-order valence-corrected chi connectivity index (χ4v) is 1.53. The first-order valence-corrected chi connectivity index (χ1v) is 4.56. The van der Waals surface area contributed by atoms with Gasteiger partial charge in [0.1, 0.15) is 0 Å². The van der Waals surface area contributed by atoms with E-state index in [1.165, 1.54) is 18.2 Å². The highest BCUT2D eigenvalue weighted by Crippen LogP contribution is 2.08. The molecule has 16 heavy (non-hydrogen) atoms. The van der Waals surface area contributed by atoms with E-state index in [-0.39, 0.29) is 12.0 Å². The Morgan fingerprint density at radius 3 is 2.94 bits per heavy atom. The zero-order valence-corrected chi connectivity index (χ0v) is 8.14. The van der Waals surface area contributed by atoms with Crippen LogP contribution >= 0.6 is 0 Å². The van der Waals surface area contributed by atoms with Crippen molar-refractivity contribution < 1.29 is 24.5 Å². The van der Waals surface area contributed by atoms with Crippen molar-refractivity contribution in [3.05, 3.63) is 29.3 Å². The van der Waals surface area contributed by atoms with Crippen molar-refractivity contribution in [3.8, 4) is 0 Å². The summed E-state index contributed by atoms with van der Waals surface area (Å²) in [5.41, 5.74) is 3.09. The van der Waals surface area contributed by atoms with E-state index in [2.05, 4.69) is 4.76 Å². The molecule has 0 radical (unpaired) electrons. The van der Waals surface area contributed by atoms with Gasteiger partial charge >= 0.3 is 13.1 Å². The molecule has 3 N–H and O–H groups in total. The van der Waals surface area contributed by atoms with Crippen molar-refractivity contribution in [1.29, 1.82) is 0 Å². The lowest BCUT2D eigenvalue weighted by atomic mass is 9.75. The molecule has 1 aromatic rings. The second kappa shape index (κ2) is 3.95. The van der Waals surface area contributed by atoms with Crippen LogP contribution < -0.4 is 10.9 Å². The highest BCUT2D eigenvalue weighted by atomic mass is 16.7. The van der Waals surface area contributed by atoms with Crippen molar-refractivity contribution in [2.24, 2.45) is 0 Å². The molecule has 1 aliphatic rings. The minimum atomic E-state index is -1.22. The van der Waals surface area contributed by atoms with E-state index in [0.29, 0.717) is 11.0 Å². The molecule has 0 spiro atoms. The summed E-state index contributed by atoms with van der Waals surface area (Å²) in [7, 11) is -1.22. The summed E-state index contributed by atoms with van der Waals surface area (Å²) in [4.78, 5) is 21.9. The summed E-state index contributed by atoms with van der Waals surface area (Å²) >= 11 is 0. The molecule has 0 fully saturated rings. The number of amides is 1. The van der Waals surface area contributed by atoms with E-state index in [0.717, 1.165) is 0 Å². The Morgan fingerprint density at radius 2 is 2.25 bits per heavy atom. The average molecular weight is 221 g/mol. The van der Waals surface area contributed by atoms with Crippen LogP contribution in [0.3, 0.4) is 0 Å². The number of carboxylic acids is 1. The van der Waals surface area contributed by atoms with E-state index in [1.54, 1.807) is 0 Å². The van der Waals surface area contributed by atoms with Crippen LogP contribution in [0.5, 0.6) is 0 Å². The first-order valence-electron chi connectivity index (χ1n) is 4.56. The lowest BCUT2D eigenvalue weighted by molar-refractivity contribution is -0.136. The molecule has 2 rings (SSSR count). The van der Waals surface area contributed by atoms with Crippen molar-refractivity contribution in [2.75, 3.05) is 0 Å². The van der Waals surface area contributed by atoms with Gasteiger partial charge in [0, 0.05) is 5.56 Å². The summed E-state index contributed by atoms with van der Waals surface area (Å²) in [6, 6.07) is 4.46. The number of carbonyl (C=O) groups is 2. The highest BCUT2D eigenvalue weighted by molar-refractivity contribution is 6.62. The highest BCUT2D eigenvalue weighted by Gasteiger charge is 2.30. The van der Waals surface area contributed by atoms with Gasteiger partial charge in [-0.25, -0.2) is 5.48 Å². The summed E-state index contributed by atoms with van der Waals surface area (Å²) in [5.74, 6) is -1.47.